The molecule has 3 rings (SSSR count). The normalized spacial score (nSPS) is 14.4. The lowest BCUT2D eigenvalue weighted by atomic mass is 10.1. The fourth-order valence-corrected chi connectivity index (χ4v) is 2.02. The molecule has 1 fully saturated rings. The van der Waals surface area contributed by atoms with Crippen molar-refractivity contribution < 1.29 is 13.7 Å². The third kappa shape index (κ3) is 2.75. The molecule has 1 heterocycles. The van der Waals surface area contributed by atoms with E-state index in [1.165, 1.54) is 6.20 Å². The molecule has 6 nitrogen and oxygen atoms in total. The van der Waals surface area contributed by atoms with Crippen LogP contribution in [0, 0.1) is 21.7 Å². The lowest BCUT2D eigenvalue weighted by Gasteiger charge is -2.03. The third-order valence-corrected chi connectivity index (χ3v) is 3.29. The molecule has 2 N–H and O–H groups in total. The van der Waals surface area contributed by atoms with Crippen molar-refractivity contribution in [3.63, 3.8) is 0 Å². The second-order valence-corrected chi connectivity index (χ2v) is 4.92. The lowest BCUT2D eigenvalue weighted by Crippen LogP contribution is -2.15. The molecule has 8 heteroatoms. The first-order valence-corrected chi connectivity index (χ1v) is 6.46. The van der Waals surface area contributed by atoms with Crippen molar-refractivity contribution in [2.24, 2.45) is 0 Å². The molecule has 0 saturated heterocycles. The Morgan fingerprint density at radius 3 is 2.86 bits per heavy atom. The van der Waals surface area contributed by atoms with Crippen LogP contribution >= 0.6 is 0 Å². The zero-order valence-electron chi connectivity index (χ0n) is 10.9. The minimum absolute atomic E-state index is 0.0544. The summed E-state index contributed by atoms with van der Waals surface area (Å²) >= 11 is 0. The van der Waals surface area contributed by atoms with E-state index < -0.39 is 27.8 Å². The molecule has 1 saturated carbocycles. The molecular weight excluding hydrogens is 282 g/mol. The van der Waals surface area contributed by atoms with E-state index in [2.05, 4.69) is 15.3 Å². The maximum atomic E-state index is 14.0. The van der Waals surface area contributed by atoms with Crippen LogP contribution in [0.5, 0.6) is 0 Å². The predicted octanol–water partition coefficient (Wildman–Crippen LogP) is 2.52. The molecule has 0 unspecified atom stereocenters. The van der Waals surface area contributed by atoms with E-state index in [4.69, 9.17) is 0 Å². The van der Waals surface area contributed by atoms with Crippen molar-refractivity contribution in [1.29, 1.82) is 0 Å². The second-order valence-electron chi connectivity index (χ2n) is 4.92. The first-order chi connectivity index (χ1) is 10.1. The van der Waals surface area contributed by atoms with Gasteiger partial charge in [-0.25, -0.2) is 9.37 Å². The summed E-state index contributed by atoms with van der Waals surface area (Å²) < 4.78 is 27.8. The maximum Gasteiger partial charge on any atom is 0.305 e. The summed E-state index contributed by atoms with van der Waals surface area (Å²) in [6.45, 7) is 0.510. The summed E-state index contributed by atoms with van der Waals surface area (Å²) in [5.41, 5.74) is -0.621. The zero-order valence-corrected chi connectivity index (χ0v) is 10.9. The third-order valence-electron chi connectivity index (χ3n) is 3.29. The smallest absolute Gasteiger partial charge is 0.305 e. The quantitative estimate of drug-likeness (QED) is 0.655. The van der Waals surface area contributed by atoms with Crippen molar-refractivity contribution >= 4 is 5.69 Å². The van der Waals surface area contributed by atoms with Crippen LogP contribution in [0.1, 0.15) is 18.5 Å². The van der Waals surface area contributed by atoms with Crippen molar-refractivity contribution in [3.05, 3.63) is 45.8 Å². The lowest BCUT2D eigenvalue weighted by molar-refractivity contribution is -0.387. The SMILES string of the molecule is O=[N+]([O-])c1ccc(F)c(-c2ncc(CNC3CC3)[nH]2)c1F. The Morgan fingerprint density at radius 1 is 1.43 bits per heavy atom. The number of H-pyrrole nitrogens is 1. The first-order valence-electron chi connectivity index (χ1n) is 6.46. The molecule has 0 amide bonds. The molecule has 1 aromatic carbocycles. The van der Waals surface area contributed by atoms with Crippen LogP contribution < -0.4 is 5.32 Å². The number of nitrogens with zero attached hydrogens (tertiary/aromatic N) is 2. The Morgan fingerprint density at radius 2 is 2.19 bits per heavy atom. The number of imidazole rings is 1. The number of aromatic amines is 1. The van der Waals surface area contributed by atoms with Gasteiger partial charge in [0.25, 0.3) is 0 Å². The van der Waals surface area contributed by atoms with Gasteiger partial charge >= 0.3 is 5.69 Å². The molecule has 1 aliphatic rings. The highest BCUT2D eigenvalue weighted by atomic mass is 19.1. The largest absolute Gasteiger partial charge is 0.341 e. The molecule has 2 aromatic rings. The predicted molar refractivity (Wildman–Crippen MR) is 70.5 cm³/mol. The van der Waals surface area contributed by atoms with E-state index in [9.17, 15) is 18.9 Å². The maximum absolute atomic E-state index is 14.0. The van der Waals surface area contributed by atoms with Crippen LogP contribution in [0.3, 0.4) is 0 Å². The van der Waals surface area contributed by atoms with E-state index in [1.54, 1.807) is 0 Å². The van der Waals surface area contributed by atoms with Gasteiger partial charge in [0.1, 0.15) is 11.6 Å². The summed E-state index contributed by atoms with van der Waals surface area (Å²) in [5.74, 6) is -2.17. The zero-order chi connectivity index (χ0) is 15.0. The Kier molecular flexibility index (Phi) is 3.38. The van der Waals surface area contributed by atoms with Gasteiger partial charge in [0, 0.05) is 30.5 Å². The average Bonchev–Trinajstić information content (AvgIpc) is 3.15. The molecule has 0 spiro atoms. The molecular formula is C13H12F2N4O2. The van der Waals surface area contributed by atoms with E-state index in [0.717, 1.165) is 25.0 Å². The minimum Gasteiger partial charge on any atom is -0.341 e. The minimum atomic E-state index is -1.23. The van der Waals surface area contributed by atoms with E-state index in [1.807, 2.05) is 0 Å². The van der Waals surface area contributed by atoms with Gasteiger partial charge in [-0.1, -0.05) is 0 Å². The van der Waals surface area contributed by atoms with Crippen LogP contribution in [0.2, 0.25) is 0 Å². The fourth-order valence-electron chi connectivity index (χ4n) is 2.02. The Balaban J connectivity index is 1.91. The van der Waals surface area contributed by atoms with Crippen LogP contribution in [0.25, 0.3) is 11.4 Å². The van der Waals surface area contributed by atoms with Crippen molar-refractivity contribution in [3.8, 4) is 11.4 Å². The van der Waals surface area contributed by atoms with Crippen molar-refractivity contribution in [2.45, 2.75) is 25.4 Å². The van der Waals surface area contributed by atoms with E-state index in [0.29, 0.717) is 18.3 Å². The highest BCUT2D eigenvalue weighted by Gasteiger charge is 2.25. The molecule has 0 atom stereocenters. The van der Waals surface area contributed by atoms with Gasteiger partial charge in [0.15, 0.2) is 0 Å². The van der Waals surface area contributed by atoms with Gasteiger partial charge in [-0.05, 0) is 18.9 Å². The number of nitro benzene ring substituents is 1. The van der Waals surface area contributed by atoms with Crippen LogP contribution in [0.4, 0.5) is 14.5 Å². The Labute approximate surface area is 118 Å². The standard InChI is InChI=1S/C13H12F2N4O2/c14-9-3-4-10(19(20)21)12(15)11(9)13-17-6-8(18-13)5-16-7-1-2-7/h3-4,6-7,16H,1-2,5H2,(H,17,18). The van der Waals surface area contributed by atoms with Crippen LogP contribution in [-0.4, -0.2) is 20.9 Å². The van der Waals surface area contributed by atoms with Gasteiger partial charge in [0.05, 0.1) is 10.5 Å². The molecule has 0 bridgehead atoms. The summed E-state index contributed by atoms with van der Waals surface area (Å²) in [6.07, 6.45) is 3.70. The molecule has 1 aliphatic carbocycles. The van der Waals surface area contributed by atoms with E-state index in [-0.39, 0.29) is 5.82 Å². The average molecular weight is 294 g/mol. The topological polar surface area (TPSA) is 83.8 Å². The molecule has 1 aromatic heterocycles. The number of nitro groups is 1. The number of aromatic nitrogens is 2. The van der Waals surface area contributed by atoms with E-state index >= 15 is 0 Å². The summed E-state index contributed by atoms with van der Waals surface area (Å²) in [6, 6.07) is 2.15. The molecule has 0 radical (unpaired) electrons. The van der Waals surface area contributed by atoms with Gasteiger partial charge in [-0.2, -0.15) is 4.39 Å². The highest BCUT2D eigenvalue weighted by Crippen LogP contribution is 2.30. The highest BCUT2D eigenvalue weighted by molar-refractivity contribution is 5.61. The summed E-state index contributed by atoms with van der Waals surface area (Å²) in [5, 5.41) is 13.9. The van der Waals surface area contributed by atoms with Gasteiger partial charge < -0.3 is 10.3 Å². The Hall–Kier alpha value is -2.35. The summed E-state index contributed by atoms with van der Waals surface area (Å²) in [4.78, 5) is 16.5. The number of hydrogen-bond donors (Lipinski definition) is 2. The van der Waals surface area contributed by atoms with Gasteiger partial charge in [0.2, 0.25) is 5.82 Å². The summed E-state index contributed by atoms with van der Waals surface area (Å²) in [7, 11) is 0. The number of benzene rings is 1. The van der Waals surface area contributed by atoms with Gasteiger partial charge in [-0.3, -0.25) is 10.1 Å². The molecule has 21 heavy (non-hydrogen) atoms. The van der Waals surface area contributed by atoms with Gasteiger partial charge in [-0.15, -0.1) is 0 Å². The monoisotopic (exact) mass is 294 g/mol. The van der Waals surface area contributed by atoms with Crippen molar-refractivity contribution in [1.82, 2.24) is 15.3 Å². The molecule has 110 valence electrons. The first kappa shape index (κ1) is 13.6. The van der Waals surface area contributed by atoms with Crippen LogP contribution in [0.15, 0.2) is 18.3 Å². The molecule has 0 aliphatic heterocycles. The fraction of sp³-hybridized carbons (Fsp3) is 0.308. The second kappa shape index (κ2) is 5.21. The number of nitrogens with one attached hydrogen (secondary N) is 2. The number of halogens is 2. The number of rotatable bonds is 5. The number of hydrogen-bond acceptors (Lipinski definition) is 4. The van der Waals surface area contributed by atoms with Crippen molar-refractivity contribution in [2.75, 3.05) is 0 Å². The Bertz CT molecular complexity index is 697. The van der Waals surface area contributed by atoms with Crippen LogP contribution in [-0.2, 0) is 6.54 Å².